The Balaban J connectivity index is 3.25. The third-order valence-corrected chi connectivity index (χ3v) is 7.16. The van der Waals surface area contributed by atoms with Gasteiger partial charge in [-0.2, -0.15) is 5.26 Å². The molecule has 0 aliphatic carbocycles. The number of benzene rings is 1. The van der Waals surface area contributed by atoms with Gasteiger partial charge in [0.2, 0.25) is 0 Å². The van der Waals surface area contributed by atoms with Crippen LogP contribution in [0.1, 0.15) is 47.1 Å². The summed E-state index contributed by atoms with van der Waals surface area (Å²) in [4.78, 5) is 0. The lowest BCUT2D eigenvalue weighted by Gasteiger charge is -2.36. The zero-order valence-corrected chi connectivity index (χ0v) is 18.1. The number of thioether (sulfide) groups is 1. The van der Waals surface area contributed by atoms with Crippen molar-refractivity contribution < 1.29 is 8.94 Å². The molecule has 0 fully saturated rings. The van der Waals surface area contributed by atoms with E-state index in [9.17, 15) is 14.2 Å². The molecule has 0 aliphatic rings. The molecule has 0 aliphatic heterocycles. The highest BCUT2D eigenvalue weighted by Crippen LogP contribution is 2.36. The van der Waals surface area contributed by atoms with E-state index in [2.05, 4.69) is 26.7 Å². The second-order valence-corrected chi connectivity index (χ2v) is 11.8. The summed E-state index contributed by atoms with van der Waals surface area (Å²) in [6, 6.07) is 6.95. The van der Waals surface area contributed by atoms with Crippen LogP contribution < -0.4 is 4.72 Å². The molecule has 0 aromatic heterocycles. The Kier molecular flexibility index (Phi) is 7.23. The highest BCUT2D eigenvalue weighted by molar-refractivity contribution is 9.10. The normalized spacial score (nSPS) is 16.3. The van der Waals surface area contributed by atoms with Gasteiger partial charge in [0.05, 0.1) is 16.4 Å². The largest absolute Gasteiger partial charge is 0.598 e. The first-order chi connectivity index (χ1) is 10.8. The average Bonchev–Trinajstić information content (AvgIpc) is 2.47. The van der Waals surface area contributed by atoms with Crippen molar-refractivity contribution in [3.8, 4) is 6.07 Å². The van der Waals surface area contributed by atoms with Gasteiger partial charge in [-0.05, 0) is 59.7 Å². The molecule has 0 saturated carbocycles. The molecule has 7 heteroatoms. The Hall–Kier alpha value is -0.260. The standard InChI is InChI=1S/C17H24BrFN2OS2/c1-15(2,3)24(22)21-17(6,11-23-16(4,5)10-20)13-9-12(18)7-8-14(13)19/h7-9,21H,11H2,1-6H3/t17-,24-/m1/s1. The molecule has 0 bridgehead atoms. The number of nitrogens with zero attached hydrogens (tertiary/aromatic N) is 1. The van der Waals surface area contributed by atoms with Gasteiger partial charge in [-0.3, -0.25) is 0 Å². The predicted octanol–water partition coefficient (Wildman–Crippen LogP) is 4.89. The van der Waals surface area contributed by atoms with Gasteiger partial charge >= 0.3 is 0 Å². The Labute approximate surface area is 160 Å². The molecule has 3 nitrogen and oxygen atoms in total. The van der Waals surface area contributed by atoms with Crippen LogP contribution in [0.5, 0.6) is 0 Å². The summed E-state index contributed by atoms with van der Waals surface area (Å²) < 4.78 is 29.9. The van der Waals surface area contributed by atoms with Gasteiger partial charge in [0.15, 0.2) is 0 Å². The third-order valence-electron chi connectivity index (χ3n) is 3.39. The predicted molar refractivity (Wildman–Crippen MR) is 105 cm³/mol. The van der Waals surface area contributed by atoms with E-state index in [0.29, 0.717) is 11.3 Å². The molecular formula is C17H24BrFN2OS2. The van der Waals surface area contributed by atoms with Crippen molar-refractivity contribution in [2.24, 2.45) is 0 Å². The van der Waals surface area contributed by atoms with Crippen molar-refractivity contribution in [2.45, 2.75) is 56.6 Å². The minimum Gasteiger partial charge on any atom is -0.598 e. The number of hydrogen-bond acceptors (Lipinski definition) is 4. The first-order valence-electron chi connectivity index (χ1n) is 7.51. The molecule has 1 rings (SSSR count). The number of nitrogens with one attached hydrogen (secondary N) is 1. The molecule has 0 saturated heterocycles. The molecule has 1 N–H and O–H groups in total. The van der Waals surface area contributed by atoms with Gasteiger partial charge in [0.25, 0.3) is 0 Å². The van der Waals surface area contributed by atoms with Gasteiger partial charge in [0, 0.05) is 27.2 Å². The average molecular weight is 435 g/mol. The van der Waals surface area contributed by atoms with Crippen molar-refractivity contribution in [1.29, 1.82) is 5.26 Å². The first-order valence-corrected chi connectivity index (χ1v) is 10.4. The Morgan fingerprint density at radius 2 is 1.88 bits per heavy atom. The third kappa shape index (κ3) is 5.92. The van der Waals surface area contributed by atoms with Crippen LogP contribution in [0.15, 0.2) is 22.7 Å². The van der Waals surface area contributed by atoms with Crippen molar-refractivity contribution in [2.75, 3.05) is 5.75 Å². The summed E-state index contributed by atoms with van der Waals surface area (Å²) in [5, 5.41) is 9.24. The van der Waals surface area contributed by atoms with Gasteiger partial charge in [-0.15, -0.1) is 16.5 Å². The Morgan fingerprint density at radius 1 is 1.29 bits per heavy atom. The smallest absolute Gasteiger partial charge is 0.136 e. The van der Waals surface area contributed by atoms with E-state index in [4.69, 9.17) is 0 Å². The van der Waals surface area contributed by atoms with Gasteiger partial charge in [-0.1, -0.05) is 15.9 Å². The van der Waals surface area contributed by atoms with E-state index in [1.807, 2.05) is 41.5 Å². The maximum absolute atomic E-state index is 14.5. The second kappa shape index (κ2) is 7.96. The van der Waals surface area contributed by atoms with E-state index >= 15 is 0 Å². The zero-order valence-electron chi connectivity index (χ0n) is 14.9. The van der Waals surface area contributed by atoms with Crippen LogP contribution in [0.25, 0.3) is 0 Å². The number of nitriles is 1. The fourth-order valence-corrected chi connectivity index (χ4v) is 4.09. The summed E-state index contributed by atoms with van der Waals surface area (Å²) in [6.07, 6.45) is 0. The second-order valence-electron chi connectivity index (χ2n) is 7.35. The summed E-state index contributed by atoms with van der Waals surface area (Å²) in [6.45, 7) is 11.0. The summed E-state index contributed by atoms with van der Waals surface area (Å²) in [7, 11) is 0. The highest BCUT2D eigenvalue weighted by atomic mass is 79.9. The van der Waals surface area contributed by atoms with Crippen LogP contribution in [0.3, 0.4) is 0 Å². The number of rotatable bonds is 6. The van der Waals surface area contributed by atoms with Gasteiger partial charge in [0.1, 0.15) is 10.6 Å². The molecule has 134 valence electrons. The molecule has 1 aromatic rings. The van der Waals surface area contributed by atoms with Crippen LogP contribution in [-0.2, 0) is 16.9 Å². The maximum Gasteiger partial charge on any atom is 0.136 e. The van der Waals surface area contributed by atoms with E-state index < -0.39 is 26.4 Å². The van der Waals surface area contributed by atoms with Crippen molar-refractivity contribution >= 4 is 39.1 Å². The molecule has 24 heavy (non-hydrogen) atoms. The van der Waals surface area contributed by atoms with E-state index in [1.54, 1.807) is 12.1 Å². The Bertz CT molecular complexity index is 628. The molecule has 0 heterocycles. The minimum atomic E-state index is -1.38. The van der Waals surface area contributed by atoms with Crippen LogP contribution in [-0.4, -0.2) is 19.8 Å². The van der Waals surface area contributed by atoms with Crippen molar-refractivity contribution in [3.63, 3.8) is 0 Å². The van der Waals surface area contributed by atoms with Gasteiger partial charge in [-0.25, -0.2) is 4.39 Å². The summed E-state index contributed by atoms with van der Waals surface area (Å²) >= 11 is 3.40. The number of halogens is 2. The van der Waals surface area contributed by atoms with Gasteiger partial charge < -0.3 is 4.55 Å². The SMILES string of the molecule is CC(C)(C#N)SC[C@@](C)(N[S@+]([O-])C(C)(C)C)c1cc(Br)ccc1F. The molecule has 0 radical (unpaired) electrons. The van der Waals surface area contributed by atoms with Crippen LogP contribution in [0, 0.1) is 17.1 Å². The molecule has 0 spiro atoms. The zero-order chi connectivity index (χ0) is 18.8. The molecule has 0 unspecified atom stereocenters. The van der Waals surface area contributed by atoms with Crippen LogP contribution >= 0.6 is 27.7 Å². The van der Waals surface area contributed by atoms with Crippen LogP contribution in [0.2, 0.25) is 0 Å². The lowest BCUT2D eigenvalue weighted by molar-refractivity contribution is 0.441. The van der Waals surface area contributed by atoms with E-state index in [1.165, 1.54) is 17.8 Å². The number of hydrogen-bond donors (Lipinski definition) is 1. The Morgan fingerprint density at radius 3 is 2.38 bits per heavy atom. The molecule has 1 aromatic carbocycles. The molecule has 0 amide bonds. The molecular weight excluding hydrogens is 411 g/mol. The summed E-state index contributed by atoms with van der Waals surface area (Å²) in [5.41, 5.74) is -0.458. The fourth-order valence-electron chi connectivity index (χ4n) is 1.80. The lowest BCUT2D eigenvalue weighted by atomic mass is 9.95. The fraction of sp³-hybridized carbons (Fsp3) is 0.588. The monoisotopic (exact) mass is 434 g/mol. The summed E-state index contributed by atoms with van der Waals surface area (Å²) in [5.74, 6) is 0.0393. The quantitative estimate of drug-likeness (QED) is 0.647. The lowest BCUT2D eigenvalue weighted by Crippen LogP contribution is -2.52. The maximum atomic E-state index is 14.5. The van der Waals surface area contributed by atoms with Crippen molar-refractivity contribution in [3.05, 3.63) is 34.1 Å². The van der Waals surface area contributed by atoms with E-state index in [0.717, 1.165) is 4.47 Å². The minimum absolute atomic E-state index is 0.366. The van der Waals surface area contributed by atoms with Crippen LogP contribution in [0.4, 0.5) is 4.39 Å². The van der Waals surface area contributed by atoms with Crippen molar-refractivity contribution in [1.82, 2.24) is 4.72 Å². The molecule has 2 atom stereocenters. The first kappa shape index (κ1) is 21.8. The van der Waals surface area contributed by atoms with E-state index in [-0.39, 0.29) is 5.82 Å². The topological polar surface area (TPSA) is 58.9 Å². The highest BCUT2D eigenvalue weighted by Gasteiger charge is 2.40.